The number of nitrogens with one attached hydrogen (secondary N) is 1. The van der Waals surface area contributed by atoms with Gasteiger partial charge in [-0.15, -0.1) is 0 Å². The van der Waals surface area contributed by atoms with Gasteiger partial charge in [-0.2, -0.15) is 0 Å². The van der Waals surface area contributed by atoms with Gasteiger partial charge in [0.1, 0.15) is 17.5 Å². The third-order valence-electron chi connectivity index (χ3n) is 3.08. The Morgan fingerprint density at radius 3 is 3.00 bits per heavy atom. The molecule has 1 saturated carbocycles. The van der Waals surface area contributed by atoms with Crippen molar-refractivity contribution in [2.45, 2.75) is 32.2 Å². The van der Waals surface area contributed by atoms with Crippen molar-refractivity contribution in [2.24, 2.45) is 5.92 Å². The predicted molar refractivity (Wildman–Crippen MR) is 63.0 cm³/mol. The summed E-state index contributed by atoms with van der Waals surface area (Å²) in [6.07, 6.45) is 3.31. The van der Waals surface area contributed by atoms with Crippen LogP contribution in [0.4, 0.5) is 11.6 Å². The maximum absolute atomic E-state index is 9.23. The molecule has 2 atom stereocenters. The fraction of sp³-hybridized carbons (Fsp3) is 0.636. The van der Waals surface area contributed by atoms with Gasteiger partial charge < -0.3 is 16.2 Å². The number of hydrogen-bond acceptors (Lipinski definition) is 5. The van der Waals surface area contributed by atoms with E-state index in [-0.39, 0.29) is 6.61 Å². The van der Waals surface area contributed by atoms with Crippen molar-refractivity contribution in [3.8, 4) is 0 Å². The Bertz CT molecular complexity index is 349. The number of aliphatic hydroxyl groups excluding tert-OH is 1. The molecule has 1 heterocycles. The zero-order valence-electron chi connectivity index (χ0n) is 9.48. The van der Waals surface area contributed by atoms with Gasteiger partial charge in [-0.1, -0.05) is 6.42 Å². The first-order valence-corrected chi connectivity index (χ1v) is 5.67. The fourth-order valence-corrected chi connectivity index (χ4v) is 2.30. The lowest BCUT2D eigenvalue weighted by molar-refractivity contribution is 0.222. The minimum Gasteiger partial charge on any atom is -0.396 e. The number of aryl methyl sites for hydroxylation is 1. The van der Waals surface area contributed by atoms with E-state index in [0.717, 1.165) is 25.1 Å². The summed E-state index contributed by atoms with van der Waals surface area (Å²) in [6, 6.07) is 2.04. The van der Waals surface area contributed by atoms with Crippen molar-refractivity contribution in [1.82, 2.24) is 9.97 Å². The molecule has 1 fully saturated rings. The molecule has 0 amide bonds. The monoisotopic (exact) mass is 222 g/mol. The average molecular weight is 222 g/mol. The fourth-order valence-electron chi connectivity index (χ4n) is 2.30. The summed E-state index contributed by atoms with van der Waals surface area (Å²) < 4.78 is 0. The Kier molecular flexibility index (Phi) is 3.24. The summed E-state index contributed by atoms with van der Waals surface area (Å²) in [7, 11) is 0. The maximum Gasteiger partial charge on any atom is 0.132 e. The summed E-state index contributed by atoms with van der Waals surface area (Å²) in [6.45, 7) is 2.05. The van der Waals surface area contributed by atoms with Gasteiger partial charge in [-0.25, -0.2) is 9.97 Å². The maximum atomic E-state index is 9.23. The molecule has 1 aliphatic rings. The normalized spacial score (nSPS) is 24.6. The van der Waals surface area contributed by atoms with Crippen molar-refractivity contribution in [1.29, 1.82) is 0 Å². The van der Waals surface area contributed by atoms with Gasteiger partial charge in [0.2, 0.25) is 0 Å². The van der Waals surface area contributed by atoms with Crippen molar-refractivity contribution >= 4 is 11.6 Å². The smallest absolute Gasteiger partial charge is 0.132 e. The molecule has 5 heteroatoms. The van der Waals surface area contributed by atoms with Crippen LogP contribution >= 0.6 is 0 Å². The molecule has 2 unspecified atom stereocenters. The summed E-state index contributed by atoms with van der Waals surface area (Å²) in [5.74, 6) is 2.24. The highest BCUT2D eigenvalue weighted by Gasteiger charge is 2.26. The first kappa shape index (κ1) is 11.1. The van der Waals surface area contributed by atoms with E-state index >= 15 is 0 Å². The van der Waals surface area contributed by atoms with E-state index in [1.54, 1.807) is 6.07 Å². The van der Waals surface area contributed by atoms with E-state index in [2.05, 4.69) is 15.3 Å². The molecule has 4 N–H and O–H groups in total. The molecule has 0 aliphatic heterocycles. The van der Waals surface area contributed by atoms with Crippen LogP contribution in [0.2, 0.25) is 0 Å². The van der Waals surface area contributed by atoms with Gasteiger partial charge in [0.05, 0.1) is 0 Å². The molecular weight excluding hydrogens is 204 g/mol. The molecule has 16 heavy (non-hydrogen) atoms. The lowest BCUT2D eigenvalue weighted by Gasteiger charge is -2.19. The van der Waals surface area contributed by atoms with Crippen LogP contribution in [0.15, 0.2) is 6.07 Å². The minimum atomic E-state index is 0.233. The van der Waals surface area contributed by atoms with E-state index in [1.807, 2.05) is 6.92 Å². The van der Waals surface area contributed by atoms with E-state index in [4.69, 9.17) is 5.73 Å². The topological polar surface area (TPSA) is 84.1 Å². The van der Waals surface area contributed by atoms with Crippen LogP contribution < -0.4 is 11.1 Å². The second-order valence-corrected chi connectivity index (χ2v) is 4.35. The zero-order chi connectivity index (χ0) is 11.5. The number of nitrogens with zero attached hydrogens (tertiary/aromatic N) is 2. The van der Waals surface area contributed by atoms with E-state index < -0.39 is 0 Å². The highest BCUT2D eigenvalue weighted by molar-refractivity contribution is 5.45. The molecule has 0 saturated heterocycles. The third kappa shape index (κ3) is 2.41. The van der Waals surface area contributed by atoms with Crippen LogP contribution in [0.3, 0.4) is 0 Å². The second-order valence-electron chi connectivity index (χ2n) is 4.35. The van der Waals surface area contributed by atoms with Crippen molar-refractivity contribution in [3.63, 3.8) is 0 Å². The molecule has 1 aliphatic carbocycles. The van der Waals surface area contributed by atoms with Gasteiger partial charge >= 0.3 is 0 Å². The Morgan fingerprint density at radius 2 is 2.31 bits per heavy atom. The largest absolute Gasteiger partial charge is 0.396 e. The number of aromatic nitrogens is 2. The molecule has 88 valence electrons. The minimum absolute atomic E-state index is 0.233. The summed E-state index contributed by atoms with van der Waals surface area (Å²) in [4.78, 5) is 8.31. The van der Waals surface area contributed by atoms with E-state index in [9.17, 15) is 5.11 Å². The quantitative estimate of drug-likeness (QED) is 0.709. The van der Waals surface area contributed by atoms with Gasteiger partial charge in [0, 0.05) is 24.6 Å². The van der Waals surface area contributed by atoms with Crippen LogP contribution in [0, 0.1) is 12.8 Å². The Hall–Kier alpha value is -1.36. The van der Waals surface area contributed by atoms with Crippen LogP contribution in [0.25, 0.3) is 0 Å². The Labute approximate surface area is 95.1 Å². The lowest BCUT2D eigenvalue weighted by atomic mass is 10.1. The van der Waals surface area contributed by atoms with Gasteiger partial charge in [-0.05, 0) is 19.8 Å². The molecule has 0 bridgehead atoms. The van der Waals surface area contributed by atoms with E-state index in [1.165, 1.54) is 0 Å². The number of hydrogen-bond donors (Lipinski definition) is 3. The molecular formula is C11H18N4O. The second kappa shape index (κ2) is 4.65. The molecule has 0 radical (unpaired) electrons. The summed E-state index contributed by atoms with van der Waals surface area (Å²) >= 11 is 0. The first-order valence-electron chi connectivity index (χ1n) is 5.67. The first-order chi connectivity index (χ1) is 7.69. The highest BCUT2D eigenvalue weighted by Crippen LogP contribution is 2.27. The van der Waals surface area contributed by atoms with Crippen LogP contribution in [-0.4, -0.2) is 27.7 Å². The SMILES string of the molecule is Cc1nc(N)cc(NC2CCCC2CO)n1. The average Bonchev–Trinajstić information content (AvgIpc) is 2.63. The van der Waals surface area contributed by atoms with Gasteiger partial charge in [-0.3, -0.25) is 0 Å². The van der Waals surface area contributed by atoms with Crippen molar-refractivity contribution < 1.29 is 5.11 Å². The van der Waals surface area contributed by atoms with Gasteiger partial charge in [0.25, 0.3) is 0 Å². The van der Waals surface area contributed by atoms with Crippen molar-refractivity contribution in [2.75, 3.05) is 17.7 Å². The van der Waals surface area contributed by atoms with Gasteiger partial charge in [0.15, 0.2) is 0 Å². The molecule has 1 aromatic heterocycles. The highest BCUT2D eigenvalue weighted by atomic mass is 16.3. The number of aliphatic hydroxyl groups is 1. The standard InChI is InChI=1S/C11H18N4O/c1-7-13-10(12)5-11(14-7)15-9-4-2-3-8(9)6-16/h5,8-9,16H,2-4,6H2,1H3,(H3,12,13,14,15). The zero-order valence-corrected chi connectivity index (χ0v) is 9.48. The molecule has 0 aromatic carbocycles. The Morgan fingerprint density at radius 1 is 1.50 bits per heavy atom. The van der Waals surface area contributed by atoms with Crippen LogP contribution in [-0.2, 0) is 0 Å². The number of anilines is 2. The molecule has 0 spiro atoms. The van der Waals surface area contributed by atoms with Crippen molar-refractivity contribution in [3.05, 3.63) is 11.9 Å². The third-order valence-corrected chi connectivity index (χ3v) is 3.08. The molecule has 1 aromatic rings. The Balaban J connectivity index is 2.08. The molecule has 2 rings (SSSR count). The lowest BCUT2D eigenvalue weighted by Crippen LogP contribution is -2.27. The predicted octanol–water partition coefficient (Wildman–Crippen LogP) is 0.940. The van der Waals surface area contributed by atoms with Crippen LogP contribution in [0.1, 0.15) is 25.1 Å². The van der Waals surface area contributed by atoms with E-state index in [0.29, 0.717) is 23.6 Å². The summed E-state index contributed by atoms with van der Waals surface area (Å²) in [5.41, 5.74) is 5.66. The van der Waals surface area contributed by atoms with Crippen LogP contribution in [0.5, 0.6) is 0 Å². The molecule has 5 nitrogen and oxygen atoms in total. The number of nitrogen functional groups attached to an aromatic ring is 1. The number of rotatable bonds is 3. The number of nitrogens with two attached hydrogens (primary N) is 1. The summed E-state index contributed by atoms with van der Waals surface area (Å²) in [5, 5.41) is 12.6.